The number of pyridine rings is 2. The predicted octanol–water partition coefficient (Wildman–Crippen LogP) is 13.4. The summed E-state index contributed by atoms with van der Waals surface area (Å²) in [7, 11) is 5.17. The number of benzene rings is 6. The van der Waals surface area contributed by atoms with Crippen LogP contribution in [0.3, 0.4) is 0 Å². The second-order valence-corrected chi connectivity index (χ2v) is 19.1. The molecule has 0 fully saturated rings. The van der Waals surface area contributed by atoms with Gasteiger partial charge in [0.2, 0.25) is 0 Å². The first-order chi connectivity index (χ1) is 35.0. The van der Waals surface area contributed by atoms with Crippen LogP contribution in [-0.4, -0.2) is 63.3 Å². The quantitative estimate of drug-likeness (QED) is 0.111. The zero-order valence-electron chi connectivity index (χ0n) is 38.8. The van der Waals surface area contributed by atoms with Gasteiger partial charge >= 0.3 is 0 Å². The Balaban J connectivity index is 0.000000161. The highest BCUT2D eigenvalue weighted by atomic mass is 35.5. The molecule has 0 radical (unpaired) electrons. The summed E-state index contributed by atoms with van der Waals surface area (Å²) >= 11 is 21.1. The van der Waals surface area contributed by atoms with Gasteiger partial charge in [-0.25, -0.2) is 0 Å². The molecule has 72 heavy (non-hydrogen) atoms. The minimum Gasteiger partial charge on any atom is -0.399 e. The number of nitrogens with one attached hydrogen (secondary N) is 2. The first kappa shape index (κ1) is 50.8. The van der Waals surface area contributed by atoms with Crippen molar-refractivity contribution in [2.45, 2.75) is 19.6 Å². The van der Waals surface area contributed by atoms with Gasteiger partial charge in [0.1, 0.15) is 22.8 Å². The van der Waals surface area contributed by atoms with Crippen LogP contribution in [0.1, 0.15) is 21.0 Å². The van der Waals surface area contributed by atoms with Crippen LogP contribution in [0.15, 0.2) is 202 Å². The molecule has 0 aliphatic rings. The summed E-state index contributed by atoms with van der Waals surface area (Å²) < 4.78 is 0. The number of hydrogen-bond acceptors (Lipinski definition) is 12. The Morgan fingerprint density at radius 1 is 0.500 bits per heavy atom. The van der Waals surface area contributed by atoms with Gasteiger partial charge in [-0.05, 0) is 97.1 Å². The van der Waals surface area contributed by atoms with E-state index in [1.807, 2.05) is 158 Å². The molecule has 12 nitrogen and oxygen atoms in total. The van der Waals surface area contributed by atoms with E-state index in [4.69, 9.17) is 40.5 Å². The SMILES string of the molecule is CNC(=O)c1cc(Sc2ccc(N(C)c3nnc(-c4ccc(Cl)cc4)c4ccccc34)cc2)ccn1.CNC(=O)c1cc(Sc2ccc(N)cc2)ccn1.Clc1ccc(-c2nnc(Cl)c3ccccc23)cc1. The van der Waals surface area contributed by atoms with E-state index in [1.165, 1.54) is 0 Å². The van der Waals surface area contributed by atoms with Gasteiger partial charge in [0.25, 0.3) is 11.8 Å². The minimum atomic E-state index is -0.204. The van der Waals surface area contributed by atoms with Crippen LogP contribution >= 0.6 is 58.3 Å². The molecule has 10 aromatic rings. The molecule has 0 bridgehead atoms. The number of amides is 2. The molecule has 6 aromatic carbocycles. The molecule has 0 saturated carbocycles. The third-order valence-corrected chi connectivity index (χ3v) is 13.6. The van der Waals surface area contributed by atoms with E-state index in [-0.39, 0.29) is 11.8 Å². The largest absolute Gasteiger partial charge is 0.399 e. The van der Waals surface area contributed by atoms with Crippen molar-refractivity contribution in [3.63, 3.8) is 0 Å². The minimum absolute atomic E-state index is 0.185. The summed E-state index contributed by atoms with van der Waals surface area (Å²) in [4.78, 5) is 37.5. The Bertz CT molecular complexity index is 3500. The molecule has 0 aliphatic heterocycles. The molecule has 10 rings (SSSR count). The number of nitrogens with two attached hydrogens (primary N) is 1. The van der Waals surface area contributed by atoms with E-state index in [2.05, 4.69) is 53.1 Å². The summed E-state index contributed by atoms with van der Waals surface area (Å²) in [6.45, 7) is 0. The summed E-state index contributed by atoms with van der Waals surface area (Å²) in [6.07, 6.45) is 3.27. The van der Waals surface area contributed by atoms with Gasteiger partial charge in [0.05, 0.1) is 0 Å². The topological polar surface area (TPSA) is 165 Å². The van der Waals surface area contributed by atoms with E-state index in [0.29, 0.717) is 26.6 Å². The van der Waals surface area contributed by atoms with Crippen LogP contribution in [0.4, 0.5) is 17.2 Å². The average molecular weight is 1050 g/mol. The summed E-state index contributed by atoms with van der Waals surface area (Å²) in [5, 5.41) is 28.2. The monoisotopic (exact) mass is 1040 g/mol. The number of halogens is 3. The molecule has 0 aliphatic carbocycles. The fourth-order valence-corrected chi connectivity index (χ4v) is 9.31. The van der Waals surface area contributed by atoms with Crippen LogP contribution in [0, 0.1) is 0 Å². The van der Waals surface area contributed by atoms with E-state index < -0.39 is 0 Å². The van der Waals surface area contributed by atoms with Gasteiger partial charge in [0.15, 0.2) is 11.0 Å². The van der Waals surface area contributed by atoms with Crippen molar-refractivity contribution in [3.05, 3.63) is 209 Å². The van der Waals surface area contributed by atoms with Gasteiger partial charge in [0, 0.05) is 107 Å². The summed E-state index contributed by atoms with van der Waals surface area (Å²) in [6, 6.07) is 54.2. The smallest absolute Gasteiger partial charge is 0.269 e. The van der Waals surface area contributed by atoms with E-state index >= 15 is 0 Å². The van der Waals surface area contributed by atoms with E-state index in [9.17, 15) is 9.59 Å². The van der Waals surface area contributed by atoms with Crippen LogP contribution in [-0.2, 0) is 0 Å². The van der Waals surface area contributed by atoms with Crippen molar-refractivity contribution < 1.29 is 9.59 Å². The number of carbonyl (C=O) groups is 2. The molecule has 17 heteroatoms. The highest BCUT2D eigenvalue weighted by Crippen LogP contribution is 2.36. The van der Waals surface area contributed by atoms with Crippen LogP contribution in [0.25, 0.3) is 44.1 Å². The molecule has 0 atom stereocenters. The third kappa shape index (κ3) is 12.6. The number of rotatable bonds is 10. The zero-order valence-corrected chi connectivity index (χ0v) is 42.7. The number of aromatic nitrogens is 6. The van der Waals surface area contributed by atoms with Crippen LogP contribution in [0.5, 0.6) is 0 Å². The zero-order chi connectivity index (χ0) is 50.6. The molecule has 0 saturated heterocycles. The van der Waals surface area contributed by atoms with Crippen LogP contribution < -0.4 is 21.3 Å². The lowest BCUT2D eigenvalue weighted by molar-refractivity contribution is 0.0950. The Kier molecular flexibility index (Phi) is 16.9. The fraction of sp³-hybridized carbons (Fsp3) is 0.0545. The second kappa shape index (κ2) is 24.0. The maximum atomic E-state index is 11.9. The van der Waals surface area contributed by atoms with Crippen molar-refractivity contribution in [2.24, 2.45) is 0 Å². The van der Waals surface area contributed by atoms with Gasteiger partial charge in [-0.3, -0.25) is 19.6 Å². The molecule has 0 unspecified atom stereocenters. The number of anilines is 3. The first-order valence-electron chi connectivity index (χ1n) is 22.1. The molecular formula is C55H43Cl3N10O2S2. The predicted molar refractivity (Wildman–Crippen MR) is 294 cm³/mol. The Labute approximate surface area is 439 Å². The number of nitrogen functional groups attached to an aromatic ring is 1. The van der Waals surface area contributed by atoms with Crippen molar-refractivity contribution in [3.8, 4) is 22.5 Å². The molecule has 358 valence electrons. The maximum absolute atomic E-state index is 11.9. The number of fused-ring (bicyclic) bond motifs is 2. The standard InChI is InChI=1S/C28H22ClN5OS.C14H8Cl2N2.C13H13N3OS/c1-30-28(35)25-17-22(15-16-31-25)36-21-13-11-20(12-14-21)34(2)27-24-6-4-3-5-23(24)26(32-33-27)18-7-9-19(29)10-8-18;15-10-7-5-9(6-8-10)13-11-3-1-2-4-12(11)14(16)18-17-13;1-15-13(17)12-8-11(6-7-16-12)18-10-4-2-9(14)3-5-10/h3-17H,1-2H3,(H,30,35);1-8H;2-8H,14H2,1H3,(H,15,17). The van der Waals surface area contributed by atoms with Crippen molar-refractivity contribution >= 4 is 109 Å². The van der Waals surface area contributed by atoms with Crippen LogP contribution in [0.2, 0.25) is 15.2 Å². The van der Waals surface area contributed by atoms with E-state index in [0.717, 1.165) is 80.8 Å². The number of hydrogen-bond donors (Lipinski definition) is 3. The summed E-state index contributed by atoms with van der Waals surface area (Å²) in [5.74, 6) is 0.382. The molecule has 4 N–H and O–H groups in total. The Morgan fingerprint density at radius 3 is 1.42 bits per heavy atom. The van der Waals surface area contributed by atoms with Crippen molar-refractivity contribution in [1.82, 2.24) is 41.0 Å². The molecule has 4 heterocycles. The normalized spacial score (nSPS) is 10.6. The van der Waals surface area contributed by atoms with Gasteiger partial charge < -0.3 is 21.3 Å². The number of carbonyl (C=O) groups excluding carboxylic acids is 2. The highest BCUT2D eigenvalue weighted by Gasteiger charge is 2.16. The summed E-state index contributed by atoms with van der Waals surface area (Å²) in [5.41, 5.74) is 11.7. The van der Waals surface area contributed by atoms with Gasteiger partial charge in [-0.15, -0.1) is 20.4 Å². The molecule has 2 amide bonds. The van der Waals surface area contributed by atoms with Crippen molar-refractivity contribution in [2.75, 3.05) is 31.8 Å². The van der Waals surface area contributed by atoms with Gasteiger partial charge in [-0.1, -0.05) is 131 Å². The fourth-order valence-electron chi connectivity index (χ4n) is 7.17. The molecular weight excluding hydrogens is 1000 g/mol. The average Bonchev–Trinajstić information content (AvgIpc) is 3.42. The second-order valence-electron chi connectivity index (χ2n) is 15.6. The lowest BCUT2D eigenvalue weighted by Crippen LogP contribution is -2.18. The lowest BCUT2D eigenvalue weighted by Gasteiger charge is -2.20. The Hall–Kier alpha value is -7.59. The molecule has 0 spiro atoms. The highest BCUT2D eigenvalue weighted by molar-refractivity contribution is 7.99. The number of nitrogens with zero attached hydrogens (tertiary/aromatic N) is 7. The first-order valence-corrected chi connectivity index (χ1v) is 24.8. The molecule has 4 aromatic heterocycles. The Morgan fingerprint density at radius 2 is 0.931 bits per heavy atom. The lowest BCUT2D eigenvalue weighted by atomic mass is 10.0. The third-order valence-electron chi connectivity index (χ3n) is 10.8. The maximum Gasteiger partial charge on any atom is 0.269 e. The van der Waals surface area contributed by atoms with Crippen molar-refractivity contribution in [1.29, 1.82) is 0 Å². The van der Waals surface area contributed by atoms with Gasteiger partial charge in [-0.2, -0.15) is 0 Å². The van der Waals surface area contributed by atoms with E-state index in [1.54, 1.807) is 62.1 Å².